The molecular weight excluding hydrogens is 260 g/mol. The fraction of sp³-hybridized carbons (Fsp3) is 0.556. The standard InChI is InChI=1S/C18H26N2O/c1-12(2)11-14-16(18(14,5)6)17(21)20-10-8-7-9-15(20)19-13(3)4/h7-11,13-14,16H,1-6H3. The minimum absolute atomic E-state index is 0.0340. The summed E-state index contributed by atoms with van der Waals surface area (Å²) >= 11 is 0. The normalized spacial score (nSPS) is 24.0. The number of pyridine rings is 1. The Hall–Kier alpha value is -1.64. The maximum Gasteiger partial charge on any atom is 0.236 e. The summed E-state index contributed by atoms with van der Waals surface area (Å²) in [7, 11) is 0. The quantitative estimate of drug-likeness (QED) is 0.781. The number of rotatable bonds is 3. The number of nitrogens with zero attached hydrogens (tertiary/aromatic N) is 2. The predicted molar refractivity (Wildman–Crippen MR) is 85.9 cm³/mol. The molecule has 1 aliphatic carbocycles. The Morgan fingerprint density at radius 3 is 2.57 bits per heavy atom. The summed E-state index contributed by atoms with van der Waals surface area (Å²) in [4.78, 5) is 17.4. The van der Waals surface area contributed by atoms with Crippen LogP contribution in [0.3, 0.4) is 0 Å². The van der Waals surface area contributed by atoms with Crippen LogP contribution in [0.25, 0.3) is 0 Å². The van der Waals surface area contributed by atoms with Crippen LogP contribution in [0.2, 0.25) is 0 Å². The Labute approximate surface area is 127 Å². The first kappa shape index (κ1) is 15.7. The van der Waals surface area contributed by atoms with E-state index in [4.69, 9.17) is 0 Å². The van der Waals surface area contributed by atoms with Gasteiger partial charge in [0.1, 0.15) is 5.49 Å². The van der Waals surface area contributed by atoms with Gasteiger partial charge in [-0.15, -0.1) is 0 Å². The summed E-state index contributed by atoms with van der Waals surface area (Å²) in [6, 6.07) is 5.90. The molecule has 0 saturated heterocycles. The van der Waals surface area contributed by atoms with Gasteiger partial charge in [0.25, 0.3) is 0 Å². The summed E-state index contributed by atoms with van der Waals surface area (Å²) < 4.78 is 1.71. The van der Waals surface area contributed by atoms with E-state index in [2.05, 4.69) is 38.8 Å². The van der Waals surface area contributed by atoms with E-state index in [1.54, 1.807) is 4.57 Å². The molecule has 2 atom stereocenters. The lowest BCUT2D eigenvalue weighted by molar-refractivity contribution is 0.0862. The summed E-state index contributed by atoms with van der Waals surface area (Å²) in [5.41, 5.74) is 2.05. The predicted octanol–water partition coefficient (Wildman–Crippen LogP) is 3.68. The molecule has 1 fully saturated rings. The highest BCUT2D eigenvalue weighted by atomic mass is 16.2. The van der Waals surface area contributed by atoms with Crippen molar-refractivity contribution in [2.45, 2.75) is 47.6 Å². The lowest BCUT2D eigenvalue weighted by atomic mass is 10.1. The SMILES string of the molecule is CC(C)=CC1C(C(=O)n2ccccc2=NC(C)C)C1(C)C. The zero-order valence-corrected chi connectivity index (χ0v) is 13.9. The second-order valence-electron chi connectivity index (χ2n) is 7.06. The average molecular weight is 286 g/mol. The van der Waals surface area contributed by atoms with Gasteiger partial charge in [-0.1, -0.05) is 31.6 Å². The highest BCUT2D eigenvalue weighted by molar-refractivity contribution is 5.85. The van der Waals surface area contributed by atoms with E-state index >= 15 is 0 Å². The molecule has 0 spiro atoms. The van der Waals surface area contributed by atoms with Gasteiger partial charge in [0.15, 0.2) is 0 Å². The van der Waals surface area contributed by atoms with Crippen molar-refractivity contribution in [1.29, 1.82) is 0 Å². The number of hydrogen-bond donors (Lipinski definition) is 0. The molecule has 1 heterocycles. The Morgan fingerprint density at radius 1 is 1.33 bits per heavy atom. The Balaban J connectivity index is 2.37. The minimum Gasteiger partial charge on any atom is -0.274 e. The molecule has 21 heavy (non-hydrogen) atoms. The zero-order valence-electron chi connectivity index (χ0n) is 13.9. The fourth-order valence-electron chi connectivity index (χ4n) is 2.96. The van der Waals surface area contributed by atoms with Gasteiger partial charge in [0.05, 0.1) is 5.92 Å². The van der Waals surface area contributed by atoms with E-state index in [1.807, 2.05) is 38.2 Å². The Kier molecular flexibility index (Phi) is 4.22. The summed E-state index contributed by atoms with van der Waals surface area (Å²) in [6.07, 6.45) is 4.06. The molecule has 3 heteroatoms. The molecule has 2 unspecified atom stereocenters. The van der Waals surface area contributed by atoms with Gasteiger partial charge in [-0.05, 0) is 51.2 Å². The Morgan fingerprint density at radius 2 is 2.00 bits per heavy atom. The van der Waals surface area contributed by atoms with Crippen molar-refractivity contribution in [3.63, 3.8) is 0 Å². The summed E-state index contributed by atoms with van der Waals surface area (Å²) in [5, 5.41) is 0. The third-order valence-corrected chi connectivity index (χ3v) is 4.16. The van der Waals surface area contributed by atoms with Crippen LogP contribution in [0.1, 0.15) is 46.3 Å². The van der Waals surface area contributed by atoms with Crippen LogP contribution in [-0.2, 0) is 0 Å². The van der Waals surface area contributed by atoms with E-state index in [0.717, 1.165) is 5.49 Å². The number of aromatic nitrogens is 1. The van der Waals surface area contributed by atoms with Crippen LogP contribution in [0.4, 0.5) is 0 Å². The molecule has 0 bridgehead atoms. The van der Waals surface area contributed by atoms with Crippen LogP contribution in [0.5, 0.6) is 0 Å². The van der Waals surface area contributed by atoms with Crippen LogP contribution in [0.15, 0.2) is 41.0 Å². The molecule has 0 aliphatic heterocycles. The van der Waals surface area contributed by atoms with Crippen molar-refractivity contribution in [2.24, 2.45) is 22.2 Å². The highest BCUT2D eigenvalue weighted by Gasteiger charge is 2.60. The molecule has 1 aromatic heterocycles. The van der Waals surface area contributed by atoms with E-state index in [1.165, 1.54) is 5.57 Å². The first-order chi connectivity index (χ1) is 9.75. The van der Waals surface area contributed by atoms with E-state index in [0.29, 0.717) is 5.92 Å². The van der Waals surface area contributed by atoms with Gasteiger partial charge < -0.3 is 0 Å². The van der Waals surface area contributed by atoms with Gasteiger partial charge in [-0.25, -0.2) is 0 Å². The van der Waals surface area contributed by atoms with Crippen molar-refractivity contribution in [2.75, 3.05) is 0 Å². The maximum atomic E-state index is 12.9. The molecule has 0 radical (unpaired) electrons. The molecule has 3 nitrogen and oxygen atoms in total. The van der Waals surface area contributed by atoms with Crippen LogP contribution in [0, 0.1) is 17.3 Å². The lowest BCUT2D eigenvalue weighted by Crippen LogP contribution is -2.29. The van der Waals surface area contributed by atoms with Crippen LogP contribution >= 0.6 is 0 Å². The average Bonchev–Trinajstić information content (AvgIpc) is 2.89. The zero-order chi connectivity index (χ0) is 15.8. The summed E-state index contributed by atoms with van der Waals surface area (Å²) in [5.74, 6) is 0.526. The fourth-order valence-corrected chi connectivity index (χ4v) is 2.96. The third-order valence-electron chi connectivity index (χ3n) is 4.16. The second-order valence-corrected chi connectivity index (χ2v) is 7.06. The molecule has 0 amide bonds. The molecule has 114 valence electrons. The number of allylic oxidation sites excluding steroid dienone is 2. The monoisotopic (exact) mass is 286 g/mol. The highest BCUT2D eigenvalue weighted by Crippen LogP contribution is 2.59. The van der Waals surface area contributed by atoms with Crippen molar-refractivity contribution in [1.82, 2.24) is 4.57 Å². The summed E-state index contributed by atoms with van der Waals surface area (Å²) in [6.45, 7) is 12.6. The van der Waals surface area contributed by atoms with Crippen molar-refractivity contribution >= 4 is 5.91 Å². The first-order valence-corrected chi connectivity index (χ1v) is 7.66. The third kappa shape index (κ3) is 3.17. The largest absolute Gasteiger partial charge is 0.274 e. The van der Waals surface area contributed by atoms with Crippen LogP contribution in [-0.4, -0.2) is 16.5 Å². The van der Waals surface area contributed by atoms with Crippen LogP contribution < -0.4 is 5.49 Å². The number of carbonyl (C=O) groups excluding carboxylic acids is 1. The molecule has 1 aromatic rings. The van der Waals surface area contributed by atoms with Gasteiger partial charge in [-0.3, -0.25) is 14.4 Å². The second kappa shape index (κ2) is 5.63. The number of carbonyl (C=O) groups is 1. The van der Waals surface area contributed by atoms with Crippen molar-refractivity contribution < 1.29 is 4.79 Å². The molecule has 1 aliphatic rings. The number of hydrogen-bond acceptors (Lipinski definition) is 2. The van der Waals surface area contributed by atoms with E-state index in [9.17, 15) is 4.79 Å². The maximum absolute atomic E-state index is 12.9. The van der Waals surface area contributed by atoms with Gasteiger partial charge in [0.2, 0.25) is 5.91 Å². The Bertz CT molecular complexity index is 631. The molecule has 1 saturated carbocycles. The van der Waals surface area contributed by atoms with Gasteiger partial charge in [-0.2, -0.15) is 0 Å². The lowest BCUT2D eigenvalue weighted by Gasteiger charge is -2.08. The molecule has 0 N–H and O–H groups in total. The van der Waals surface area contributed by atoms with Gasteiger partial charge >= 0.3 is 0 Å². The smallest absolute Gasteiger partial charge is 0.236 e. The minimum atomic E-state index is 0.0340. The molecule has 2 rings (SSSR count). The van der Waals surface area contributed by atoms with E-state index < -0.39 is 0 Å². The van der Waals surface area contributed by atoms with Crippen molar-refractivity contribution in [3.05, 3.63) is 41.5 Å². The molecule has 0 aromatic carbocycles. The topological polar surface area (TPSA) is 34.4 Å². The molecular formula is C18H26N2O. The van der Waals surface area contributed by atoms with Crippen molar-refractivity contribution in [3.8, 4) is 0 Å². The van der Waals surface area contributed by atoms with Gasteiger partial charge in [0, 0.05) is 12.2 Å². The van der Waals surface area contributed by atoms with E-state index in [-0.39, 0.29) is 23.3 Å². The first-order valence-electron chi connectivity index (χ1n) is 7.66.